The number of aryl methyl sites for hydroxylation is 1. The van der Waals surface area contributed by atoms with E-state index in [0.29, 0.717) is 6.07 Å². The van der Waals surface area contributed by atoms with Gasteiger partial charge in [0.25, 0.3) is 10.1 Å². The Morgan fingerprint density at radius 1 is 1.04 bits per heavy atom. The maximum Gasteiger partial charge on any atom is 0.417 e. The van der Waals surface area contributed by atoms with Crippen molar-refractivity contribution in [3.05, 3.63) is 23.3 Å². The lowest BCUT2D eigenvalue weighted by atomic mass is 10.1. The van der Waals surface area contributed by atoms with Crippen LogP contribution in [-0.2, 0) is 34.1 Å². The maximum absolute atomic E-state index is 13.5. The minimum absolute atomic E-state index is 0.281. The molecule has 0 unspecified atom stereocenters. The standard InChI is InChI=1S/C15H22F3O6PS/c1-9(2)23-25(19,24-10(3)4)12-7-11(5)14(26(20,21)22-6)13(8-12)15(16,17)18/h7-10H,1-6H3. The van der Waals surface area contributed by atoms with E-state index in [1.165, 1.54) is 0 Å². The molecular weight excluding hydrogens is 396 g/mol. The normalized spacial score (nSPS) is 13.7. The van der Waals surface area contributed by atoms with Gasteiger partial charge < -0.3 is 9.05 Å². The quantitative estimate of drug-likeness (QED) is 0.492. The van der Waals surface area contributed by atoms with E-state index in [2.05, 4.69) is 4.18 Å². The van der Waals surface area contributed by atoms with Crippen LogP contribution in [0.1, 0.15) is 38.8 Å². The molecule has 6 nitrogen and oxygen atoms in total. The van der Waals surface area contributed by atoms with Crippen molar-refractivity contribution in [1.82, 2.24) is 0 Å². The van der Waals surface area contributed by atoms with Crippen molar-refractivity contribution in [2.24, 2.45) is 0 Å². The summed E-state index contributed by atoms with van der Waals surface area (Å²) in [5.74, 6) is 0. The Hall–Kier alpha value is -0.930. The lowest BCUT2D eigenvalue weighted by Crippen LogP contribution is -2.23. The Morgan fingerprint density at radius 2 is 1.50 bits per heavy atom. The third-order valence-electron chi connectivity index (χ3n) is 3.05. The Labute approximate surface area is 151 Å². The van der Waals surface area contributed by atoms with Gasteiger partial charge in [-0.1, -0.05) is 0 Å². The van der Waals surface area contributed by atoms with Crippen molar-refractivity contribution >= 4 is 23.0 Å². The number of hydrogen-bond acceptors (Lipinski definition) is 6. The van der Waals surface area contributed by atoms with Crippen molar-refractivity contribution in [3.63, 3.8) is 0 Å². The first-order chi connectivity index (χ1) is 11.6. The Bertz CT molecular complexity index is 788. The summed E-state index contributed by atoms with van der Waals surface area (Å²) < 4.78 is 92.3. The van der Waals surface area contributed by atoms with E-state index in [1.807, 2.05) is 0 Å². The van der Waals surface area contributed by atoms with Gasteiger partial charge in [0, 0.05) is 0 Å². The number of rotatable bonds is 7. The van der Waals surface area contributed by atoms with Crippen molar-refractivity contribution in [1.29, 1.82) is 0 Å². The molecule has 0 saturated heterocycles. The SMILES string of the molecule is COS(=O)(=O)c1c(C)cc(P(=O)(OC(C)C)OC(C)C)cc1C(F)(F)F. The van der Waals surface area contributed by atoms with E-state index in [-0.39, 0.29) is 10.9 Å². The van der Waals surface area contributed by atoms with Gasteiger partial charge in [0.05, 0.1) is 30.2 Å². The van der Waals surface area contributed by atoms with Gasteiger partial charge in [-0.25, -0.2) is 0 Å². The molecule has 0 radical (unpaired) electrons. The molecule has 26 heavy (non-hydrogen) atoms. The number of alkyl halides is 3. The summed E-state index contributed by atoms with van der Waals surface area (Å²) >= 11 is 0. The summed E-state index contributed by atoms with van der Waals surface area (Å²) in [7, 11) is -8.00. The minimum atomic E-state index is -5.03. The van der Waals surface area contributed by atoms with Crippen LogP contribution in [0, 0.1) is 6.92 Å². The average Bonchev–Trinajstić information content (AvgIpc) is 2.43. The lowest BCUT2D eigenvalue weighted by molar-refractivity contribution is -0.140. The van der Waals surface area contributed by atoms with Gasteiger partial charge in [-0.05, 0) is 52.3 Å². The summed E-state index contributed by atoms with van der Waals surface area (Å²) in [5, 5.41) is -0.375. The fourth-order valence-corrected chi connectivity index (χ4v) is 5.35. The van der Waals surface area contributed by atoms with Gasteiger partial charge >= 0.3 is 13.8 Å². The van der Waals surface area contributed by atoms with Crippen LogP contribution in [0.5, 0.6) is 0 Å². The van der Waals surface area contributed by atoms with Crippen LogP contribution in [0.15, 0.2) is 17.0 Å². The molecule has 150 valence electrons. The zero-order chi connectivity index (χ0) is 20.5. The molecule has 1 rings (SSSR count). The third kappa shape index (κ3) is 5.29. The molecular formula is C15H22F3O6PS. The van der Waals surface area contributed by atoms with Crippen LogP contribution in [0.3, 0.4) is 0 Å². The van der Waals surface area contributed by atoms with E-state index in [0.717, 1.165) is 20.1 Å². The molecule has 0 saturated carbocycles. The summed E-state index contributed by atoms with van der Waals surface area (Å²) in [5.41, 5.74) is -1.77. The summed E-state index contributed by atoms with van der Waals surface area (Å²) in [6.45, 7) is 7.37. The highest BCUT2D eigenvalue weighted by Gasteiger charge is 2.41. The smallest absolute Gasteiger partial charge is 0.302 e. The van der Waals surface area contributed by atoms with Gasteiger partial charge in [0.15, 0.2) is 0 Å². The predicted molar refractivity (Wildman–Crippen MR) is 90.1 cm³/mol. The molecule has 0 aromatic heterocycles. The fraction of sp³-hybridized carbons (Fsp3) is 0.600. The summed E-state index contributed by atoms with van der Waals surface area (Å²) in [4.78, 5) is -1.03. The summed E-state index contributed by atoms with van der Waals surface area (Å²) in [6.07, 6.45) is -6.23. The lowest BCUT2D eigenvalue weighted by Gasteiger charge is -2.25. The van der Waals surface area contributed by atoms with Crippen molar-refractivity contribution in [2.75, 3.05) is 7.11 Å². The van der Waals surface area contributed by atoms with E-state index in [4.69, 9.17) is 9.05 Å². The Kier molecular flexibility index (Phi) is 7.09. The second-order valence-corrected chi connectivity index (χ2v) is 9.65. The molecule has 0 aliphatic carbocycles. The van der Waals surface area contributed by atoms with Crippen molar-refractivity contribution in [2.45, 2.75) is 57.9 Å². The highest BCUT2D eigenvalue weighted by atomic mass is 32.2. The first-order valence-electron chi connectivity index (χ1n) is 7.64. The monoisotopic (exact) mass is 418 g/mol. The number of hydrogen-bond donors (Lipinski definition) is 0. The first-order valence-corrected chi connectivity index (χ1v) is 10.6. The zero-order valence-corrected chi connectivity index (χ0v) is 17.0. The van der Waals surface area contributed by atoms with E-state index >= 15 is 0 Å². The van der Waals surface area contributed by atoms with Gasteiger partial charge in [0.2, 0.25) is 0 Å². The van der Waals surface area contributed by atoms with Crippen LogP contribution in [0.25, 0.3) is 0 Å². The number of halogens is 3. The van der Waals surface area contributed by atoms with Crippen LogP contribution >= 0.6 is 7.60 Å². The van der Waals surface area contributed by atoms with Crippen molar-refractivity contribution in [3.8, 4) is 0 Å². The average molecular weight is 418 g/mol. The second-order valence-electron chi connectivity index (χ2n) is 6.06. The van der Waals surface area contributed by atoms with Crippen LogP contribution < -0.4 is 5.30 Å². The minimum Gasteiger partial charge on any atom is -0.302 e. The van der Waals surface area contributed by atoms with Crippen LogP contribution in [-0.4, -0.2) is 27.7 Å². The first kappa shape index (κ1) is 23.1. The zero-order valence-electron chi connectivity index (χ0n) is 15.2. The van der Waals surface area contributed by atoms with Crippen LogP contribution in [0.2, 0.25) is 0 Å². The second kappa shape index (κ2) is 7.98. The number of benzene rings is 1. The van der Waals surface area contributed by atoms with Gasteiger partial charge in [-0.15, -0.1) is 0 Å². The van der Waals surface area contributed by atoms with Gasteiger partial charge in [-0.2, -0.15) is 21.6 Å². The Balaban J connectivity index is 3.80. The summed E-state index contributed by atoms with van der Waals surface area (Å²) in [6, 6.07) is 1.52. The largest absolute Gasteiger partial charge is 0.417 e. The molecule has 0 heterocycles. The maximum atomic E-state index is 13.5. The Morgan fingerprint density at radius 3 is 1.85 bits per heavy atom. The van der Waals surface area contributed by atoms with Crippen LogP contribution in [0.4, 0.5) is 13.2 Å². The molecule has 11 heteroatoms. The molecule has 0 bridgehead atoms. The fourth-order valence-electron chi connectivity index (χ4n) is 2.24. The molecule has 0 atom stereocenters. The van der Waals surface area contributed by atoms with Gasteiger partial charge in [-0.3, -0.25) is 8.75 Å². The topological polar surface area (TPSA) is 78.9 Å². The molecule has 0 N–H and O–H groups in total. The molecule has 0 aliphatic rings. The van der Waals surface area contributed by atoms with E-state index < -0.39 is 46.6 Å². The molecule has 0 aliphatic heterocycles. The van der Waals surface area contributed by atoms with Gasteiger partial charge in [0.1, 0.15) is 4.90 Å². The predicted octanol–water partition coefficient (Wildman–Crippen LogP) is 4.02. The van der Waals surface area contributed by atoms with E-state index in [9.17, 15) is 26.2 Å². The molecule has 0 fully saturated rings. The third-order valence-corrected chi connectivity index (χ3v) is 6.82. The molecule has 1 aromatic carbocycles. The molecule has 1 aromatic rings. The molecule has 0 amide bonds. The van der Waals surface area contributed by atoms with Crippen molar-refractivity contribution < 1.29 is 39.4 Å². The highest BCUT2D eigenvalue weighted by Crippen LogP contribution is 2.51. The molecule has 0 spiro atoms. The van der Waals surface area contributed by atoms with E-state index in [1.54, 1.807) is 27.7 Å². The highest BCUT2D eigenvalue weighted by molar-refractivity contribution is 7.86.